The van der Waals surface area contributed by atoms with Gasteiger partial charge in [-0.15, -0.1) is 0 Å². The van der Waals surface area contributed by atoms with Gasteiger partial charge in [0.15, 0.2) is 0 Å². The van der Waals surface area contributed by atoms with Crippen LogP contribution in [0.5, 0.6) is 0 Å². The molecule has 0 aromatic heterocycles. The molecule has 0 bridgehead atoms. The van der Waals surface area contributed by atoms with Gasteiger partial charge in [0.05, 0.1) is 12.2 Å². The molecule has 1 aromatic carbocycles. The number of halogens is 2. The third-order valence-electron chi connectivity index (χ3n) is 1.82. The van der Waals surface area contributed by atoms with Gasteiger partial charge in [-0.3, -0.25) is 0 Å². The van der Waals surface area contributed by atoms with Gasteiger partial charge in [-0.25, -0.2) is 0 Å². The normalized spacial score (nSPS) is 13.2. The van der Waals surface area contributed by atoms with Gasteiger partial charge < -0.3 is 4.74 Å². The van der Waals surface area contributed by atoms with Gasteiger partial charge in [-0.05, 0) is 31.5 Å². The molecule has 0 spiro atoms. The van der Waals surface area contributed by atoms with Crippen molar-refractivity contribution in [2.75, 3.05) is 4.43 Å². The molecule has 78 valence electrons. The Kier molecular flexibility index (Phi) is 5.20. The predicted molar refractivity (Wildman–Crippen MR) is 69.3 cm³/mol. The molecule has 0 aliphatic rings. The zero-order chi connectivity index (χ0) is 10.6. The van der Waals surface area contributed by atoms with Crippen molar-refractivity contribution in [1.82, 2.24) is 0 Å². The van der Waals surface area contributed by atoms with Gasteiger partial charge in [0, 0.05) is 9.45 Å². The molecule has 14 heavy (non-hydrogen) atoms. The Morgan fingerprint density at radius 1 is 1.29 bits per heavy atom. The lowest BCUT2D eigenvalue weighted by molar-refractivity contribution is 0.0224. The summed E-state index contributed by atoms with van der Waals surface area (Å²) < 4.78 is 6.73. The molecular weight excluding hydrogens is 310 g/mol. The SMILES string of the molecule is CC(C)OC(CI)c1ccc(Cl)cc1. The number of ether oxygens (including phenoxy) is 1. The third-order valence-corrected chi connectivity index (χ3v) is 2.87. The molecule has 0 aliphatic carbocycles. The standard InChI is InChI=1S/C11H14ClIO/c1-8(2)14-11(7-13)9-3-5-10(12)6-4-9/h3-6,8,11H,7H2,1-2H3. The second-order valence-corrected chi connectivity index (χ2v) is 4.70. The van der Waals surface area contributed by atoms with Crippen LogP contribution in [0.3, 0.4) is 0 Å². The zero-order valence-corrected chi connectivity index (χ0v) is 11.2. The van der Waals surface area contributed by atoms with Crippen LogP contribution in [-0.2, 0) is 4.74 Å². The smallest absolute Gasteiger partial charge is 0.0917 e. The number of hydrogen-bond acceptors (Lipinski definition) is 1. The molecule has 0 aliphatic heterocycles. The molecule has 1 rings (SSSR count). The highest BCUT2D eigenvalue weighted by atomic mass is 127. The summed E-state index contributed by atoms with van der Waals surface area (Å²) in [6, 6.07) is 7.85. The van der Waals surface area contributed by atoms with E-state index in [1.54, 1.807) is 0 Å². The van der Waals surface area contributed by atoms with E-state index in [1.807, 2.05) is 24.3 Å². The second kappa shape index (κ2) is 5.93. The Balaban J connectivity index is 2.73. The van der Waals surface area contributed by atoms with Gasteiger partial charge in [0.1, 0.15) is 0 Å². The van der Waals surface area contributed by atoms with E-state index in [0.29, 0.717) is 0 Å². The molecule has 1 aromatic rings. The average molecular weight is 325 g/mol. The van der Waals surface area contributed by atoms with E-state index in [2.05, 4.69) is 36.4 Å². The van der Waals surface area contributed by atoms with Crippen molar-refractivity contribution in [1.29, 1.82) is 0 Å². The van der Waals surface area contributed by atoms with E-state index in [-0.39, 0.29) is 12.2 Å². The monoisotopic (exact) mass is 324 g/mol. The molecule has 0 radical (unpaired) electrons. The fourth-order valence-electron chi connectivity index (χ4n) is 1.21. The molecule has 1 nitrogen and oxygen atoms in total. The molecule has 1 atom stereocenters. The Morgan fingerprint density at radius 3 is 2.29 bits per heavy atom. The maximum absolute atomic E-state index is 5.82. The van der Waals surface area contributed by atoms with E-state index in [0.717, 1.165) is 9.45 Å². The first-order valence-corrected chi connectivity index (χ1v) is 6.50. The average Bonchev–Trinajstić information content (AvgIpc) is 2.15. The lowest BCUT2D eigenvalue weighted by Crippen LogP contribution is -2.11. The molecule has 0 fully saturated rings. The van der Waals surface area contributed by atoms with Crippen molar-refractivity contribution >= 4 is 34.2 Å². The first kappa shape index (κ1) is 12.3. The van der Waals surface area contributed by atoms with E-state index in [4.69, 9.17) is 16.3 Å². The first-order chi connectivity index (χ1) is 6.63. The lowest BCUT2D eigenvalue weighted by atomic mass is 10.1. The van der Waals surface area contributed by atoms with Crippen molar-refractivity contribution < 1.29 is 4.74 Å². The van der Waals surface area contributed by atoms with Crippen LogP contribution in [0.1, 0.15) is 25.5 Å². The molecule has 1 unspecified atom stereocenters. The zero-order valence-electron chi connectivity index (χ0n) is 8.34. The van der Waals surface area contributed by atoms with Gasteiger partial charge in [0.25, 0.3) is 0 Å². The molecule has 0 saturated heterocycles. The minimum Gasteiger partial charge on any atom is -0.370 e. The van der Waals surface area contributed by atoms with Crippen LogP contribution >= 0.6 is 34.2 Å². The molecule has 3 heteroatoms. The second-order valence-electron chi connectivity index (χ2n) is 3.38. The number of rotatable bonds is 4. The molecule has 0 heterocycles. The van der Waals surface area contributed by atoms with Crippen molar-refractivity contribution in [2.24, 2.45) is 0 Å². The minimum absolute atomic E-state index is 0.174. The summed E-state index contributed by atoms with van der Waals surface area (Å²) in [5.74, 6) is 0. The summed E-state index contributed by atoms with van der Waals surface area (Å²) in [6.07, 6.45) is 0.429. The Hall–Kier alpha value is 0.200. The fraction of sp³-hybridized carbons (Fsp3) is 0.455. The van der Waals surface area contributed by atoms with E-state index in [9.17, 15) is 0 Å². The quantitative estimate of drug-likeness (QED) is 0.594. The van der Waals surface area contributed by atoms with Crippen LogP contribution in [0, 0.1) is 0 Å². The maximum atomic E-state index is 5.82. The van der Waals surface area contributed by atoms with Crippen LogP contribution in [0.4, 0.5) is 0 Å². The minimum atomic E-state index is 0.174. The summed E-state index contributed by atoms with van der Waals surface area (Å²) in [5, 5.41) is 0.769. The number of hydrogen-bond donors (Lipinski definition) is 0. The topological polar surface area (TPSA) is 9.23 Å². The van der Waals surface area contributed by atoms with Crippen LogP contribution in [-0.4, -0.2) is 10.5 Å². The van der Waals surface area contributed by atoms with Crippen molar-refractivity contribution in [2.45, 2.75) is 26.1 Å². The number of benzene rings is 1. The third kappa shape index (κ3) is 3.75. The maximum Gasteiger partial charge on any atom is 0.0917 e. The van der Waals surface area contributed by atoms with E-state index >= 15 is 0 Å². The molecular formula is C11H14ClIO. The van der Waals surface area contributed by atoms with Gasteiger partial charge in [-0.2, -0.15) is 0 Å². The van der Waals surface area contributed by atoms with Gasteiger partial charge in [0.2, 0.25) is 0 Å². The highest BCUT2D eigenvalue weighted by Gasteiger charge is 2.11. The summed E-state index contributed by atoms with van der Waals surface area (Å²) in [6.45, 7) is 4.10. The highest BCUT2D eigenvalue weighted by Crippen LogP contribution is 2.23. The summed E-state index contributed by atoms with van der Waals surface area (Å²) in [5.41, 5.74) is 1.19. The molecule has 0 amide bonds. The first-order valence-electron chi connectivity index (χ1n) is 4.60. The predicted octanol–water partition coefficient (Wildman–Crippen LogP) is 4.24. The fourth-order valence-corrected chi connectivity index (χ4v) is 2.05. The largest absolute Gasteiger partial charge is 0.370 e. The van der Waals surface area contributed by atoms with Crippen LogP contribution < -0.4 is 0 Å². The molecule has 0 saturated carbocycles. The molecule has 0 N–H and O–H groups in total. The van der Waals surface area contributed by atoms with Crippen molar-refractivity contribution in [3.63, 3.8) is 0 Å². The Morgan fingerprint density at radius 2 is 1.86 bits per heavy atom. The number of alkyl halides is 1. The Bertz CT molecular complexity index is 271. The summed E-state index contributed by atoms with van der Waals surface area (Å²) >= 11 is 8.16. The highest BCUT2D eigenvalue weighted by molar-refractivity contribution is 14.1. The van der Waals surface area contributed by atoms with Crippen molar-refractivity contribution in [3.05, 3.63) is 34.9 Å². The summed E-state index contributed by atoms with van der Waals surface area (Å²) in [7, 11) is 0. The van der Waals surface area contributed by atoms with E-state index in [1.165, 1.54) is 5.56 Å². The summed E-state index contributed by atoms with van der Waals surface area (Å²) in [4.78, 5) is 0. The van der Waals surface area contributed by atoms with Gasteiger partial charge >= 0.3 is 0 Å². The van der Waals surface area contributed by atoms with Crippen LogP contribution in [0.25, 0.3) is 0 Å². The van der Waals surface area contributed by atoms with Crippen molar-refractivity contribution in [3.8, 4) is 0 Å². The van der Waals surface area contributed by atoms with Crippen LogP contribution in [0.15, 0.2) is 24.3 Å². The Labute approximate surface area is 104 Å². The van der Waals surface area contributed by atoms with Gasteiger partial charge in [-0.1, -0.05) is 46.3 Å². The van der Waals surface area contributed by atoms with Crippen LogP contribution in [0.2, 0.25) is 5.02 Å². The van der Waals surface area contributed by atoms with E-state index < -0.39 is 0 Å². The lowest BCUT2D eigenvalue weighted by Gasteiger charge is -2.18.